The number of unbranched alkanes of at least 4 members (excludes halogenated alkanes) is 7. The zero-order valence-electron chi connectivity index (χ0n) is 13.7. The number of hydrogen-bond acceptors (Lipinski definition) is 2. The van der Waals surface area contributed by atoms with Crippen LogP contribution in [-0.4, -0.2) is 12.9 Å². The Morgan fingerprint density at radius 2 is 1.67 bits per heavy atom. The molecule has 2 heteroatoms. The molecule has 0 aliphatic rings. The van der Waals surface area contributed by atoms with E-state index in [2.05, 4.69) is 6.92 Å². The van der Waals surface area contributed by atoms with Crippen molar-refractivity contribution in [3.8, 4) is 5.75 Å². The smallest absolute Gasteiger partial charge is 0.137 e. The van der Waals surface area contributed by atoms with E-state index in [0.717, 1.165) is 17.7 Å². The van der Waals surface area contributed by atoms with Gasteiger partial charge in [0, 0.05) is 12.8 Å². The Morgan fingerprint density at radius 1 is 1.00 bits per heavy atom. The second kappa shape index (κ2) is 11.4. The molecule has 0 bridgehead atoms. The highest BCUT2D eigenvalue weighted by Gasteiger charge is 2.04. The molecule has 0 N–H and O–H groups in total. The molecule has 0 aliphatic heterocycles. The normalized spacial score (nSPS) is 10.6. The third kappa shape index (κ3) is 8.54. The molecule has 0 aliphatic carbocycles. The van der Waals surface area contributed by atoms with Crippen LogP contribution in [0.1, 0.15) is 70.3 Å². The van der Waals surface area contributed by atoms with Crippen molar-refractivity contribution in [3.05, 3.63) is 29.8 Å². The third-order valence-electron chi connectivity index (χ3n) is 3.84. The Balaban J connectivity index is 2.08. The van der Waals surface area contributed by atoms with Gasteiger partial charge in [-0.25, -0.2) is 0 Å². The van der Waals surface area contributed by atoms with E-state index in [1.807, 2.05) is 24.3 Å². The maximum atomic E-state index is 11.9. The largest absolute Gasteiger partial charge is 0.497 e. The Morgan fingerprint density at radius 3 is 2.33 bits per heavy atom. The fourth-order valence-corrected chi connectivity index (χ4v) is 2.55. The maximum Gasteiger partial charge on any atom is 0.137 e. The Hall–Kier alpha value is -1.31. The standard InChI is InChI=1S/C19H30O2/c1-3-4-5-6-7-8-9-10-13-18(20)15-17-12-11-14-19(16-17)21-2/h11-12,14,16H,3-10,13,15H2,1-2H3. The Kier molecular flexibility index (Phi) is 9.60. The summed E-state index contributed by atoms with van der Waals surface area (Å²) in [6.45, 7) is 2.24. The lowest BCUT2D eigenvalue weighted by atomic mass is 10.0. The topological polar surface area (TPSA) is 26.3 Å². The molecule has 0 atom stereocenters. The van der Waals surface area contributed by atoms with Gasteiger partial charge in [-0.15, -0.1) is 0 Å². The fraction of sp³-hybridized carbons (Fsp3) is 0.632. The molecule has 0 aromatic heterocycles. The van der Waals surface area contributed by atoms with Crippen molar-refractivity contribution in [2.75, 3.05) is 7.11 Å². The number of hydrogen-bond donors (Lipinski definition) is 0. The fourth-order valence-electron chi connectivity index (χ4n) is 2.55. The SMILES string of the molecule is CCCCCCCCCCC(=O)Cc1cccc(OC)c1. The van der Waals surface area contributed by atoms with Crippen molar-refractivity contribution >= 4 is 5.78 Å². The molecule has 118 valence electrons. The van der Waals surface area contributed by atoms with E-state index in [-0.39, 0.29) is 0 Å². The summed E-state index contributed by atoms with van der Waals surface area (Å²) in [6, 6.07) is 7.80. The lowest BCUT2D eigenvalue weighted by Gasteiger charge is -2.04. The number of ketones is 1. The van der Waals surface area contributed by atoms with Crippen LogP contribution in [0.4, 0.5) is 0 Å². The van der Waals surface area contributed by atoms with E-state index in [0.29, 0.717) is 18.6 Å². The molecule has 2 nitrogen and oxygen atoms in total. The predicted molar refractivity (Wildman–Crippen MR) is 88.9 cm³/mol. The zero-order valence-corrected chi connectivity index (χ0v) is 13.7. The second-order valence-corrected chi connectivity index (χ2v) is 5.79. The summed E-state index contributed by atoms with van der Waals surface area (Å²) in [5.74, 6) is 1.17. The summed E-state index contributed by atoms with van der Waals surface area (Å²) in [4.78, 5) is 11.9. The van der Waals surface area contributed by atoms with Crippen LogP contribution in [0.3, 0.4) is 0 Å². The van der Waals surface area contributed by atoms with E-state index < -0.39 is 0 Å². The maximum absolute atomic E-state index is 11.9. The molecule has 1 aromatic rings. The van der Waals surface area contributed by atoms with E-state index in [4.69, 9.17) is 4.74 Å². The molecule has 0 saturated heterocycles. The van der Waals surface area contributed by atoms with Crippen LogP contribution in [0.2, 0.25) is 0 Å². The molecule has 1 rings (SSSR count). The Bertz CT molecular complexity index is 398. The van der Waals surface area contributed by atoms with Gasteiger partial charge >= 0.3 is 0 Å². The first-order chi connectivity index (χ1) is 10.3. The van der Waals surface area contributed by atoms with Crippen molar-refractivity contribution in [2.45, 2.75) is 71.1 Å². The van der Waals surface area contributed by atoms with E-state index in [1.54, 1.807) is 7.11 Å². The molecule has 0 spiro atoms. The van der Waals surface area contributed by atoms with Gasteiger partial charge in [-0.2, -0.15) is 0 Å². The zero-order chi connectivity index (χ0) is 15.3. The highest BCUT2D eigenvalue weighted by molar-refractivity contribution is 5.80. The average Bonchev–Trinajstić information content (AvgIpc) is 2.50. The minimum atomic E-state index is 0.342. The lowest BCUT2D eigenvalue weighted by molar-refractivity contribution is -0.118. The van der Waals surface area contributed by atoms with Gasteiger partial charge in [0.1, 0.15) is 11.5 Å². The number of methoxy groups -OCH3 is 1. The van der Waals surface area contributed by atoms with Gasteiger partial charge in [-0.3, -0.25) is 4.79 Å². The summed E-state index contributed by atoms with van der Waals surface area (Å²) in [6.07, 6.45) is 11.5. The van der Waals surface area contributed by atoms with Crippen molar-refractivity contribution in [2.24, 2.45) is 0 Å². The molecular weight excluding hydrogens is 260 g/mol. The molecule has 0 fully saturated rings. The molecular formula is C19H30O2. The molecule has 0 saturated carbocycles. The van der Waals surface area contributed by atoms with Gasteiger partial charge in [-0.1, -0.05) is 64.0 Å². The lowest BCUT2D eigenvalue weighted by Crippen LogP contribution is -2.02. The van der Waals surface area contributed by atoms with E-state index in [9.17, 15) is 4.79 Å². The van der Waals surface area contributed by atoms with Crippen LogP contribution >= 0.6 is 0 Å². The summed E-state index contributed by atoms with van der Waals surface area (Å²) in [5, 5.41) is 0. The number of benzene rings is 1. The highest BCUT2D eigenvalue weighted by atomic mass is 16.5. The van der Waals surface area contributed by atoms with Crippen molar-refractivity contribution in [1.29, 1.82) is 0 Å². The highest BCUT2D eigenvalue weighted by Crippen LogP contribution is 2.15. The first kappa shape index (κ1) is 17.7. The van der Waals surface area contributed by atoms with Crippen LogP contribution in [0.5, 0.6) is 5.75 Å². The molecule has 21 heavy (non-hydrogen) atoms. The number of carbonyl (C=O) groups excluding carboxylic acids is 1. The predicted octanol–water partition coefficient (Wildman–Crippen LogP) is 5.34. The molecule has 0 amide bonds. The van der Waals surface area contributed by atoms with Crippen LogP contribution in [-0.2, 0) is 11.2 Å². The molecule has 0 radical (unpaired) electrons. The van der Waals surface area contributed by atoms with Gasteiger partial charge < -0.3 is 4.74 Å². The monoisotopic (exact) mass is 290 g/mol. The average molecular weight is 290 g/mol. The number of ether oxygens (including phenoxy) is 1. The number of Topliss-reactive ketones (excluding diaryl/α,β-unsaturated/α-hetero) is 1. The van der Waals surface area contributed by atoms with Gasteiger partial charge in [-0.05, 0) is 24.1 Å². The summed E-state index contributed by atoms with van der Waals surface area (Å²) >= 11 is 0. The van der Waals surface area contributed by atoms with Crippen LogP contribution in [0.15, 0.2) is 24.3 Å². The second-order valence-electron chi connectivity index (χ2n) is 5.79. The summed E-state index contributed by atoms with van der Waals surface area (Å²) in [5.41, 5.74) is 1.05. The summed E-state index contributed by atoms with van der Waals surface area (Å²) < 4.78 is 5.18. The minimum Gasteiger partial charge on any atom is -0.497 e. The van der Waals surface area contributed by atoms with Crippen LogP contribution in [0.25, 0.3) is 0 Å². The first-order valence-electron chi connectivity index (χ1n) is 8.41. The number of carbonyl (C=O) groups is 1. The van der Waals surface area contributed by atoms with Gasteiger partial charge in [0.2, 0.25) is 0 Å². The Labute approximate surface area is 129 Å². The number of rotatable bonds is 12. The quantitative estimate of drug-likeness (QED) is 0.486. The van der Waals surface area contributed by atoms with Gasteiger partial charge in [0.15, 0.2) is 0 Å². The van der Waals surface area contributed by atoms with E-state index in [1.165, 1.54) is 44.9 Å². The van der Waals surface area contributed by atoms with Crippen molar-refractivity contribution in [1.82, 2.24) is 0 Å². The molecule has 0 heterocycles. The van der Waals surface area contributed by atoms with Gasteiger partial charge in [0.25, 0.3) is 0 Å². The minimum absolute atomic E-state index is 0.342. The van der Waals surface area contributed by atoms with Crippen LogP contribution < -0.4 is 4.74 Å². The molecule has 1 aromatic carbocycles. The third-order valence-corrected chi connectivity index (χ3v) is 3.84. The van der Waals surface area contributed by atoms with Crippen molar-refractivity contribution < 1.29 is 9.53 Å². The first-order valence-corrected chi connectivity index (χ1v) is 8.41. The van der Waals surface area contributed by atoms with Crippen molar-refractivity contribution in [3.63, 3.8) is 0 Å². The van der Waals surface area contributed by atoms with Crippen LogP contribution in [0, 0.1) is 0 Å². The summed E-state index contributed by atoms with van der Waals surface area (Å²) in [7, 11) is 1.65. The molecule has 0 unspecified atom stereocenters. The van der Waals surface area contributed by atoms with E-state index >= 15 is 0 Å². The van der Waals surface area contributed by atoms with Gasteiger partial charge in [0.05, 0.1) is 7.11 Å².